The Hall–Kier alpha value is -5.14. The second-order valence-electron chi connectivity index (χ2n) is 10.3. The van der Waals surface area contributed by atoms with Crippen LogP contribution >= 0.6 is 0 Å². The molecule has 0 radical (unpaired) electrons. The standard InChI is InChI=1S/C39H29N/c1-28-11-9-17-34(27-28)40(33-24-21-30(22-25-33)29-12-3-2-4-13-29)38-26-23-32-15-6-8-19-36(32)39(38)37-20-10-16-31-14-5-7-18-35(31)37/h2-27H,1H3. The van der Waals surface area contributed by atoms with Crippen LogP contribution in [0.4, 0.5) is 17.1 Å². The maximum absolute atomic E-state index is 2.41. The number of rotatable bonds is 5. The summed E-state index contributed by atoms with van der Waals surface area (Å²) in [4.78, 5) is 2.41. The fourth-order valence-electron chi connectivity index (χ4n) is 5.80. The first kappa shape index (κ1) is 23.9. The van der Waals surface area contributed by atoms with E-state index in [1.807, 2.05) is 0 Å². The van der Waals surface area contributed by atoms with E-state index < -0.39 is 0 Å². The van der Waals surface area contributed by atoms with Crippen LogP contribution < -0.4 is 4.90 Å². The van der Waals surface area contributed by atoms with E-state index in [1.165, 1.54) is 49.4 Å². The molecule has 0 atom stereocenters. The zero-order valence-corrected chi connectivity index (χ0v) is 22.5. The van der Waals surface area contributed by atoms with E-state index in [1.54, 1.807) is 0 Å². The van der Waals surface area contributed by atoms with Crippen LogP contribution in [0.3, 0.4) is 0 Å². The molecule has 0 unspecified atom stereocenters. The van der Waals surface area contributed by atoms with Gasteiger partial charge < -0.3 is 4.90 Å². The third kappa shape index (κ3) is 4.32. The van der Waals surface area contributed by atoms with Crippen molar-refractivity contribution in [3.8, 4) is 22.3 Å². The molecule has 0 amide bonds. The van der Waals surface area contributed by atoms with Crippen molar-refractivity contribution in [2.24, 2.45) is 0 Å². The van der Waals surface area contributed by atoms with Crippen LogP contribution in [0.5, 0.6) is 0 Å². The van der Waals surface area contributed by atoms with Crippen molar-refractivity contribution in [2.45, 2.75) is 6.92 Å². The summed E-state index contributed by atoms with van der Waals surface area (Å²) in [6, 6.07) is 56.9. The predicted molar refractivity (Wildman–Crippen MR) is 172 cm³/mol. The average molecular weight is 512 g/mol. The molecule has 0 aliphatic carbocycles. The van der Waals surface area contributed by atoms with Gasteiger partial charge in [0.15, 0.2) is 0 Å². The molecular weight excluding hydrogens is 482 g/mol. The largest absolute Gasteiger partial charge is 0.310 e. The van der Waals surface area contributed by atoms with Crippen LogP contribution in [0.1, 0.15) is 5.56 Å². The lowest BCUT2D eigenvalue weighted by molar-refractivity contribution is 1.28. The summed E-state index contributed by atoms with van der Waals surface area (Å²) >= 11 is 0. The van der Waals surface area contributed by atoms with E-state index in [0.29, 0.717) is 0 Å². The lowest BCUT2D eigenvalue weighted by Crippen LogP contribution is -2.11. The van der Waals surface area contributed by atoms with E-state index in [9.17, 15) is 0 Å². The van der Waals surface area contributed by atoms with Crippen molar-refractivity contribution >= 4 is 38.6 Å². The minimum Gasteiger partial charge on any atom is -0.310 e. The lowest BCUT2D eigenvalue weighted by Gasteiger charge is -2.29. The summed E-state index contributed by atoms with van der Waals surface area (Å²) in [5.41, 5.74) is 9.57. The van der Waals surface area contributed by atoms with Gasteiger partial charge in [-0.3, -0.25) is 0 Å². The third-order valence-corrected chi connectivity index (χ3v) is 7.70. The summed E-state index contributed by atoms with van der Waals surface area (Å²) in [6.45, 7) is 2.16. The second kappa shape index (κ2) is 10.2. The Morgan fingerprint density at radius 1 is 0.425 bits per heavy atom. The van der Waals surface area contributed by atoms with Gasteiger partial charge in [-0.1, -0.05) is 127 Å². The van der Waals surface area contributed by atoms with Gasteiger partial charge in [-0.15, -0.1) is 0 Å². The molecule has 40 heavy (non-hydrogen) atoms. The summed E-state index contributed by atoms with van der Waals surface area (Å²) in [5.74, 6) is 0. The number of nitrogens with zero attached hydrogens (tertiary/aromatic N) is 1. The highest BCUT2D eigenvalue weighted by atomic mass is 15.1. The summed E-state index contributed by atoms with van der Waals surface area (Å²) in [6.07, 6.45) is 0. The minimum absolute atomic E-state index is 1.13. The molecule has 0 spiro atoms. The van der Waals surface area contributed by atoms with Crippen LogP contribution in [0, 0.1) is 6.92 Å². The van der Waals surface area contributed by atoms with Gasteiger partial charge in [-0.2, -0.15) is 0 Å². The molecule has 190 valence electrons. The van der Waals surface area contributed by atoms with Gasteiger partial charge in [0.25, 0.3) is 0 Å². The Morgan fingerprint density at radius 3 is 1.82 bits per heavy atom. The Balaban J connectivity index is 1.51. The van der Waals surface area contributed by atoms with Gasteiger partial charge in [-0.25, -0.2) is 0 Å². The third-order valence-electron chi connectivity index (χ3n) is 7.70. The monoisotopic (exact) mass is 511 g/mol. The van der Waals surface area contributed by atoms with Crippen molar-refractivity contribution in [2.75, 3.05) is 4.90 Å². The second-order valence-corrected chi connectivity index (χ2v) is 10.3. The van der Waals surface area contributed by atoms with Crippen LogP contribution in [0.2, 0.25) is 0 Å². The molecule has 0 heterocycles. The van der Waals surface area contributed by atoms with E-state index in [4.69, 9.17) is 0 Å². The molecule has 0 saturated carbocycles. The zero-order chi connectivity index (χ0) is 26.9. The van der Waals surface area contributed by atoms with Crippen molar-refractivity contribution in [1.82, 2.24) is 0 Å². The summed E-state index contributed by atoms with van der Waals surface area (Å²) in [7, 11) is 0. The molecule has 0 bridgehead atoms. The van der Waals surface area contributed by atoms with E-state index in [2.05, 4.69) is 170 Å². The van der Waals surface area contributed by atoms with Crippen LogP contribution in [0.25, 0.3) is 43.8 Å². The number of aryl methyl sites for hydroxylation is 1. The molecule has 0 aliphatic heterocycles. The van der Waals surface area contributed by atoms with Crippen molar-refractivity contribution in [3.63, 3.8) is 0 Å². The highest BCUT2D eigenvalue weighted by Crippen LogP contribution is 2.46. The number of hydrogen-bond donors (Lipinski definition) is 0. The van der Waals surface area contributed by atoms with Crippen molar-refractivity contribution in [3.05, 3.63) is 163 Å². The molecule has 7 rings (SSSR count). The molecule has 7 aromatic rings. The van der Waals surface area contributed by atoms with Crippen molar-refractivity contribution in [1.29, 1.82) is 0 Å². The topological polar surface area (TPSA) is 3.24 Å². The smallest absolute Gasteiger partial charge is 0.0546 e. The SMILES string of the molecule is Cc1cccc(N(c2ccc(-c3ccccc3)cc2)c2ccc3ccccc3c2-c2cccc3ccccc23)c1. The average Bonchev–Trinajstić information content (AvgIpc) is 3.02. The van der Waals surface area contributed by atoms with E-state index in [-0.39, 0.29) is 0 Å². The van der Waals surface area contributed by atoms with Gasteiger partial charge >= 0.3 is 0 Å². The quantitative estimate of drug-likeness (QED) is 0.222. The molecule has 0 N–H and O–H groups in total. The molecule has 0 fully saturated rings. The first-order valence-corrected chi connectivity index (χ1v) is 13.8. The fraction of sp³-hybridized carbons (Fsp3) is 0.0256. The number of fused-ring (bicyclic) bond motifs is 2. The van der Waals surface area contributed by atoms with Gasteiger partial charge in [0, 0.05) is 16.9 Å². The predicted octanol–water partition coefficient (Wildman–Crippen LogP) is 11.1. The Morgan fingerprint density at radius 2 is 1.05 bits per heavy atom. The van der Waals surface area contributed by atoms with Crippen LogP contribution in [-0.4, -0.2) is 0 Å². The highest BCUT2D eigenvalue weighted by Gasteiger charge is 2.20. The Labute approximate surface area is 235 Å². The Bertz CT molecular complexity index is 1950. The molecular formula is C39H29N. The summed E-state index contributed by atoms with van der Waals surface area (Å²) < 4.78 is 0. The first-order valence-electron chi connectivity index (χ1n) is 13.8. The van der Waals surface area contributed by atoms with Crippen molar-refractivity contribution < 1.29 is 0 Å². The van der Waals surface area contributed by atoms with E-state index >= 15 is 0 Å². The van der Waals surface area contributed by atoms with Crippen LogP contribution in [0.15, 0.2) is 158 Å². The Kier molecular flexibility index (Phi) is 6.11. The number of benzene rings is 7. The molecule has 0 aromatic heterocycles. The molecule has 1 heteroatoms. The molecule has 7 aromatic carbocycles. The van der Waals surface area contributed by atoms with Crippen LogP contribution in [-0.2, 0) is 0 Å². The summed E-state index contributed by atoms with van der Waals surface area (Å²) in [5, 5.41) is 4.98. The lowest BCUT2D eigenvalue weighted by atomic mass is 9.91. The normalized spacial score (nSPS) is 11.1. The van der Waals surface area contributed by atoms with Gasteiger partial charge in [0.05, 0.1) is 5.69 Å². The highest BCUT2D eigenvalue weighted by molar-refractivity contribution is 6.11. The van der Waals surface area contributed by atoms with E-state index in [0.717, 1.165) is 17.1 Å². The minimum atomic E-state index is 1.13. The van der Waals surface area contributed by atoms with Gasteiger partial charge in [0.2, 0.25) is 0 Å². The van der Waals surface area contributed by atoms with Gasteiger partial charge in [-0.05, 0) is 81.1 Å². The molecule has 0 saturated heterocycles. The number of anilines is 3. The first-order chi connectivity index (χ1) is 19.8. The number of hydrogen-bond acceptors (Lipinski definition) is 1. The zero-order valence-electron chi connectivity index (χ0n) is 22.5. The molecule has 1 nitrogen and oxygen atoms in total. The fourth-order valence-corrected chi connectivity index (χ4v) is 5.80. The molecule has 0 aliphatic rings. The van der Waals surface area contributed by atoms with Gasteiger partial charge in [0.1, 0.15) is 0 Å². The maximum atomic E-state index is 2.41. The maximum Gasteiger partial charge on any atom is 0.0546 e.